The number of tetrazole rings is 1. The van der Waals surface area contributed by atoms with Gasteiger partial charge < -0.3 is 14.9 Å². The summed E-state index contributed by atoms with van der Waals surface area (Å²) in [6.45, 7) is 1.48. The summed E-state index contributed by atoms with van der Waals surface area (Å²) in [6, 6.07) is 3.98. The van der Waals surface area contributed by atoms with E-state index < -0.39 is 0 Å². The maximum Gasteiger partial charge on any atom is 0.200 e. The van der Waals surface area contributed by atoms with Crippen LogP contribution < -0.4 is 4.90 Å². The maximum atomic E-state index is 9.88. The van der Waals surface area contributed by atoms with E-state index in [-0.39, 0.29) is 12.1 Å². The van der Waals surface area contributed by atoms with Crippen LogP contribution in [0.25, 0.3) is 5.65 Å². The van der Waals surface area contributed by atoms with Crippen LogP contribution >= 0.6 is 0 Å². The number of nitrogens with zero attached hydrogens (tertiary/aromatic N) is 7. The van der Waals surface area contributed by atoms with E-state index in [4.69, 9.17) is 0 Å². The first kappa shape index (κ1) is 12.2. The lowest BCUT2D eigenvalue weighted by atomic mass is 10.2. The second-order valence-electron chi connectivity index (χ2n) is 5.18. The average Bonchev–Trinajstić information content (AvgIpc) is 2.93. The number of aliphatic hydroxyl groups is 1. The van der Waals surface area contributed by atoms with Gasteiger partial charge in [-0.25, -0.2) is 0 Å². The van der Waals surface area contributed by atoms with Gasteiger partial charge in [0.1, 0.15) is 0 Å². The zero-order valence-electron chi connectivity index (χ0n) is 11.0. The Balaban J connectivity index is 1.89. The van der Waals surface area contributed by atoms with Gasteiger partial charge in [-0.2, -0.15) is 0 Å². The molecule has 1 fully saturated rings. The van der Waals surface area contributed by atoms with Crippen molar-refractivity contribution in [1.29, 1.82) is 0 Å². The highest BCUT2D eigenvalue weighted by Gasteiger charge is 2.32. The fourth-order valence-electron chi connectivity index (χ4n) is 2.56. The van der Waals surface area contributed by atoms with Gasteiger partial charge in [0.05, 0.1) is 6.10 Å². The molecule has 1 N–H and O–H groups in total. The predicted octanol–water partition coefficient (Wildman–Crippen LogP) is -0.979. The van der Waals surface area contributed by atoms with Gasteiger partial charge in [0.2, 0.25) is 0 Å². The summed E-state index contributed by atoms with van der Waals surface area (Å²) in [4.78, 5) is 4.23. The minimum Gasteiger partial charge on any atom is -0.391 e. The molecule has 19 heavy (non-hydrogen) atoms. The summed E-state index contributed by atoms with van der Waals surface area (Å²) in [6.07, 6.45) is 0.448. The Morgan fingerprint density at radius 3 is 3.05 bits per heavy atom. The molecule has 8 heteroatoms. The number of rotatable bonds is 3. The minimum absolute atomic E-state index is 0.256. The molecule has 8 nitrogen and oxygen atoms in total. The third-order valence-corrected chi connectivity index (χ3v) is 3.32. The summed E-state index contributed by atoms with van der Waals surface area (Å²) in [5.74, 6) is 0.795. The third kappa shape index (κ3) is 2.36. The quantitative estimate of drug-likeness (QED) is 0.762. The normalized spacial score (nSPS) is 23.7. The summed E-state index contributed by atoms with van der Waals surface area (Å²) < 4.78 is 1.41. The molecular formula is C11H17N7O. The van der Waals surface area contributed by atoms with Crippen molar-refractivity contribution in [3.63, 3.8) is 0 Å². The van der Waals surface area contributed by atoms with Crippen molar-refractivity contribution >= 4 is 11.5 Å². The van der Waals surface area contributed by atoms with Gasteiger partial charge in [-0.15, -0.1) is 14.8 Å². The minimum atomic E-state index is -0.309. The van der Waals surface area contributed by atoms with E-state index in [1.54, 1.807) is 0 Å². The number of fused-ring (bicyclic) bond motifs is 1. The molecule has 0 saturated carbocycles. The lowest BCUT2D eigenvalue weighted by Crippen LogP contribution is -2.38. The van der Waals surface area contributed by atoms with E-state index >= 15 is 0 Å². The van der Waals surface area contributed by atoms with Gasteiger partial charge in [-0.3, -0.25) is 0 Å². The largest absolute Gasteiger partial charge is 0.391 e. The van der Waals surface area contributed by atoms with Gasteiger partial charge in [0.25, 0.3) is 0 Å². The fraction of sp³-hybridized carbons (Fsp3) is 0.636. The zero-order valence-corrected chi connectivity index (χ0v) is 11.0. The lowest BCUT2D eigenvalue weighted by Gasteiger charge is -2.27. The molecule has 0 aromatic carbocycles. The highest BCUT2D eigenvalue weighted by atomic mass is 16.3. The standard InChI is InChI=1S/C11H17N7O/c1-16(2)6-8-5-9(19)7-17(8)11-4-3-10-12-14-15-18(10)13-11/h3-4,8-9,19H,5-7H2,1-2H3. The summed E-state index contributed by atoms with van der Waals surface area (Å²) >= 11 is 0. The Morgan fingerprint density at radius 2 is 2.26 bits per heavy atom. The summed E-state index contributed by atoms with van der Waals surface area (Å²) in [5, 5.41) is 25.5. The molecule has 3 heterocycles. The number of aliphatic hydroxyl groups excluding tert-OH is 1. The predicted molar refractivity (Wildman–Crippen MR) is 68.9 cm³/mol. The van der Waals surface area contributed by atoms with Crippen LogP contribution in [0.3, 0.4) is 0 Å². The number of likely N-dealkylation sites (N-methyl/N-ethyl adjacent to an activating group) is 1. The second kappa shape index (κ2) is 4.71. The van der Waals surface area contributed by atoms with E-state index in [0.717, 1.165) is 18.8 Å². The van der Waals surface area contributed by atoms with Crippen molar-refractivity contribution in [2.75, 3.05) is 32.1 Å². The van der Waals surface area contributed by atoms with Crippen molar-refractivity contribution in [1.82, 2.24) is 30.2 Å². The number of anilines is 1. The van der Waals surface area contributed by atoms with Gasteiger partial charge in [-0.05, 0) is 43.1 Å². The molecule has 0 radical (unpaired) electrons. The van der Waals surface area contributed by atoms with Crippen molar-refractivity contribution in [3.8, 4) is 0 Å². The van der Waals surface area contributed by atoms with Crippen molar-refractivity contribution in [2.24, 2.45) is 0 Å². The fourth-order valence-corrected chi connectivity index (χ4v) is 2.56. The molecule has 0 aliphatic carbocycles. The van der Waals surface area contributed by atoms with Crippen LogP contribution in [-0.4, -0.2) is 74.6 Å². The Bertz CT molecular complexity index is 569. The van der Waals surface area contributed by atoms with Crippen LogP contribution in [0.5, 0.6) is 0 Å². The third-order valence-electron chi connectivity index (χ3n) is 3.32. The first-order valence-electron chi connectivity index (χ1n) is 6.28. The number of hydrogen-bond acceptors (Lipinski definition) is 7. The Kier molecular flexibility index (Phi) is 3.03. The van der Waals surface area contributed by atoms with E-state index in [9.17, 15) is 5.11 Å². The highest BCUT2D eigenvalue weighted by molar-refractivity contribution is 5.46. The van der Waals surface area contributed by atoms with Gasteiger partial charge in [0.15, 0.2) is 11.5 Å². The Labute approximate surface area is 110 Å². The summed E-state index contributed by atoms with van der Waals surface area (Å²) in [5.41, 5.74) is 0.618. The molecular weight excluding hydrogens is 246 g/mol. The Morgan fingerprint density at radius 1 is 1.42 bits per heavy atom. The highest BCUT2D eigenvalue weighted by Crippen LogP contribution is 2.24. The smallest absolute Gasteiger partial charge is 0.200 e. The number of β-amino-alcohol motifs (C(OH)–C–C–N with tert-alkyl or cyclic N) is 1. The van der Waals surface area contributed by atoms with Gasteiger partial charge in [-0.1, -0.05) is 0 Å². The molecule has 0 amide bonds. The first-order valence-corrected chi connectivity index (χ1v) is 6.28. The van der Waals surface area contributed by atoms with Crippen LogP contribution in [0.1, 0.15) is 6.42 Å². The van der Waals surface area contributed by atoms with Crippen LogP contribution in [-0.2, 0) is 0 Å². The monoisotopic (exact) mass is 263 g/mol. The van der Waals surface area contributed by atoms with Crippen molar-refractivity contribution in [3.05, 3.63) is 12.1 Å². The van der Waals surface area contributed by atoms with Gasteiger partial charge in [0, 0.05) is 19.1 Å². The van der Waals surface area contributed by atoms with Crippen LogP contribution in [0.2, 0.25) is 0 Å². The van der Waals surface area contributed by atoms with E-state index in [0.29, 0.717) is 12.2 Å². The SMILES string of the molecule is CN(C)CC1CC(O)CN1c1ccc2nnnn2n1. The maximum absolute atomic E-state index is 9.88. The zero-order chi connectivity index (χ0) is 13.4. The van der Waals surface area contributed by atoms with E-state index in [2.05, 4.69) is 30.4 Å². The molecule has 0 bridgehead atoms. The number of aromatic nitrogens is 5. The van der Waals surface area contributed by atoms with Crippen LogP contribution in [0.4, 0.5) is 5.82 Å². The molecule has 2 unspecified atom stereocenters. The molecule has 2 aromatic rings. The molecule has 2 atom stereocenters. The Hall–Kier alpha value is -1.80. The average molecular weight is 263 g/mol. The van der Waals surface area contributed by atoms with Crippen LogP contribution in [0, 0.1) is 0 Å². The molecule has 2 aromatic heterocycles. The lowest BCUT2D eigenvalue weighted by molar-refractivity contribution is 0.191. The van der Waals surface area contributed by atoms with Crippen LogP contribution in [0.15, 0.2) is 12.1 Å². The molecule has 1 saturated heterocycles. The van der Waals surface area contributed by atoms with Gasteiger partial charge >= 0.3 is 0 Å². The molecule has 3 rings (SSSR count). The van der Waals surface area contributed by atoms with E-state index in [1.165, 1.54) is 4.63 Å². The molecule has 1 aliphatic rings. The summed E-state index contributed by atoms with van der Waals surface area (Å²) in [7, 11) is 4.06. The second-order valence-corrected chi connectivity index (χ2v) is 5.18. The molecule has 1 aliphatic heterocycles. The topological polar surface area (TPSA) is 82.7 Å². The van der Waals surface area contributed by atoms with Crippen molar-refractivity contribution < 1.29 is 5.11 Å². The van der Waals surface area contributed by atoms with Crippen molar-refractivity contribution in [2.45, 2.75) is 18.6 Å². The first-order chi connectivity index (χ1) is 9.13. The van der Waals surface area contributed by atoms with E-state index in [1.807, 2.05) is 26.2 Å². The molecule has 102 valence electrons. The molecule has 0 spiro atoms. The number of hydrogen-bond donors (Lipinski definition) is 1.